The molecular formula is C10H14O3S. The van der Waals surface area contributed by atoms with Gasteiger partial charge in [-0.2, -0.15) is 0 Å². The first-order valence-electron chi connectivity index (χ1n) is 4.37. The summed E-state index contributed by atoms with van der Waals surface area (Å²) in [7, 11) is -3.20. The zero-order valence-electron chi connectivity index (χ0n) is 8.52. The van der Waals surface area contributed by atoms with Gasteiger partial charge in [0, 0.05) is 6.26 Å². The number of sulfone groups is 1. The molecule has 0 aliphatic heterocycles. The fourth-order valence-corrected chi connectivity index (χ4v) is 1.92. The van der Waals surface area contributed by atoms with Crippen molar-refractivity contribution in [1.82, 2.24) is 0 Å². The largest absolute Gasteiger partial charge is 0.490 e. The highest BCUT2D eigenvalue weighted by Gasteiger charge is 2.13. The number of para-hydroxylation sites is 1. The summed E-state index contributed by atoms with van der Waals surface area (Å²) < 4.78 is 28.1. The molecule has 0 saturated carbocycles. The van der Waals surface area contributed by atoms with Crippen LogP contribution in [0.4, 0.5) is 0 Å². The molecule has 0 unspecified atom stereocenters. The molecule has 0 fully saturated rings. The molecule has 0 radical (unpaired) electrons. The van der Waals surface area contributed by atoms with E-state index in [1.54, 1.807) is 24.3 Å². The van der Waals surface area contributed by atoms with Crippen molar-refractivity contribution >= 4 is 9.84 Å². The summed E-state index contributed by atoms with van der Waals surface area (Å²) in [5.41, 5.74) is 0. The zero-order chi connectivity index (χ0) is 10.8. The van der Waals surface area contributed by atoms with Crippen LogP contribution in [0, 0.1) is 0 Å². The van der Waals surface area contributed by atoms with Crippen LogP contribution in [0.25, 0.3) is 0 Å². The Labute approximate surface area is 84.6 Å². The molecular weight excluding hydrogens is 200 g/mol. The van der Waals surface area contributed by atoms with E-state index in [0.717, 1.165) is 0 Å². The van der Waals surface area contributed by atoms with Gasteiger partial charge in [-0.05, 0) is 26.0 Å². The molecule has 0 aliphatic carbocycles. The lowest BCUT2D eigenvalue weighted by atomic mass is 10.3. The Hall–Kier alpha value is -1.03. The Morgan fingerprint density at radius 3 is 2.29 bits per heavy atom. The standard InChI is InChI=1S/C10H14O3S/c1-8(2)13-9-6-4-5-7-10(9)14(3,11)12/h4-8H,1-3H3. The van der Waals surface area contributed by atoms with E-state index in [1.807, 2.05) is 13.8 Å². The topological polar surface area (TPSA) is 43.4 Å². The third kappa shape index (κ3) is 2.73. The second-order valence-corrected chi connectivity index (χ2v) is 5.37. The van der Waals surface area contributed by atoms with Crippen molar-refractivity contribution in [2.75, 3.05) is 6.26 Å². The molecule has 1 rings (SSSR count). The molecule has 14 heavy (non-hydrogen) atoms. The van der Waals surface area contributed by atoms with Gasteiger partial charge in [-0.25, -0.2) is 8.42 Å². The summed E-state index contributed by atoms with van der Waals surface area (Å²) in [5, 5.41) is 0. The molecule has 0 bridgehead atoms. The number of benzene rings is 1. The van der Waals surface area contributed by atoms with E-state index < -0.39 is 9.84 Å². The first-order valence-corrected chi connectivity index (χ1v) is 6.26. The molecule has 0 amide bonds. The third-order valence-electron chi connectivity index (χ3n) is 1.61. The van der Waals surface area contributed by atoms with E-state index in [1.165, 1.54) is 6.26 Å². The maximum atomic E-state index is 11.4. The highest BCUT2D eigenvalue weighted by atomic mass is 32.2. The van der Waals surface area contributed by atoms with Crippen LogP contribution in [0.15, 0.2) is 29.2 Å². The van der Waals surface area contributed by atoms with Crippen molar-refractivity contribution in [3.05, 3.63) is 24.3 Å². The van der Waals surface area contributed by atoms with Crippen molar-refractivity contribution in [2.24, 2.45) is 0 Å². The van der Waals surface area contributed by atoms with Gasteiger partial charge in [-0.3, -0.25) is 0 Å². The molecule has 0 aliphatic rings. The molecule has 0 saturated heterocycles. The SMILES string of the molecule is CC(C)Oc1ccccc1S(C)(=O)=O. The van der Waals surface area contributed by atoms with Crippen molar-refractivity contribution in [1.29, 1.82) is 0 Å². The molecule has 0 spiro atoms. The van der Waals surface area contributed by atoms with Gasteiger partial charge in [-0.1, -0.05) is 12.1 Å². The molecule has 0 aromatic heterocycles. The van der Waals surface area contributed by atoms with Crippen LogP contribution in [0.5, 0.6) is 5.75 Å². The normalized spacial score (nSPS) is 11.7. The smallest absolute Gasteiger partial charge is 0.179 e. The number of hydrogen-bond donors (Lipinski definition) is 0. The molecule has 4 heteroatoms. The van der Waals surface area contributed by atoms with Crippen LogP contribution in [-0.2, 0) is 9.84 Å². The van der Waals surface area contributed by atoms with E-state index in [-0.39, 0.29) is 11.0 Å². The lowest BCUT2D eigenvalue weighted by Gasteiger charge is -2.12. The summed E-state index contributed by atoms with van der Waals surface area (Å²) in [6.07, 6.45) is 1.15. The van der Waals surface area contributed by atoms with Crippen LogP contribution >= 0.6 is 0 Å². The predicted molar refractivity (Wildman–Crippen MR) is 55.3 cm³/mol. The average molecular weight is 214 g/mol. The Bertz CT molecular complexity index is 407. The summed E-state index contributed by atoms with van der Waals surface area (Å²) >= 11 is 0. The van der Waals surface area contributed by atoms with Crippen LogP contribution in [0.1, 0.15) is 13.8 Å². The number of hydrogen-bond acceptors (Lipinski definition) is 3. The fraction of sp³-hybridized carbons (Fsp3) is 0.400. The molecule has 0 N–H and O–H groups in total. The Morgan fingerprint density at radius 2 is 1.79 bits per heavy atom. The monoisotopic (exact) mass is 214 g/mol. The van der Waals surface area contributed by atoms with Gasteiger partial charge in [0.05, 0.1) is 6.10 Å². The predicted octanol–water partition coefficient (Wildman–Crippen LogP) is 1.88. The summed E-state index contributed by atoms with van der Waals surface area (Å²) in [5.74, 6) is 0.421. The van der Waals surface area contributed by atoms with Gasteiger partial charge in [0.25, 0.3) is 0 Å². The highest BCUT2D eigenvalue weighted by Crippen LogP contribution is 2.23. The summed E-state index contributed by atoms with van der Waals surface area (Å²) in [4.78, 5) is 0.244. The second-order valence-electron chi connectivity index (χ2n) is 3.39. The minimum absolute atomic E-state index is 0.0297. The van der Waals surface area contributed by atoms with Crippen molar-refractivity contribution < 1.29 is 13.2 Å². The number of rotatable bonds is 3. The van der Waals surface area contributed by atoms with Crippen LogP contribution < -0.4 is 4.74 Å². The van der Waals surface area contributed by atoms with Crippen LogP contribution in [0.2, 0.25) is 0 Å². The van der Waals surface area contributed by atoms with Crippen molar-refractivity contribution in [3.8, 4) is 5.75 Å². The van der Waals surface area contributed by atoms with Gasteiger partial charge < -0.3 is 4.74 Å². The quantitative estimate of drug-likeness (QED) is 0.771. The van der Waals surface area contributed by atoms with Crippen molar-refractivity contribution in [3.63, 3.8) is 0 Å². The van der Waals surface area contributed by atoms with Crippen LogP contribution in [0.3, 0.4) is 0 Å². The molecule has 3 nitrogen and oxygen atoms in total. The van der Waals surface area contributed by atoms with Gasteiger partial charge in [-0.15, -0.1) is 0 Å². The summed E-state index contributed by atoms with van der Waals surface area (Å²) in [6, 6.07) is 6.65. The van der Waals surface area contributed by atoms with E-state index in [4.69, 9.17) is 4.74 Å². The molecule has 78 valence electrons. The number of ether oxygens (including phenoxy) is 1. The molecule has 1 aromatic carbocycles. The van der Waals surface area contributed by atoms with Gasteiger partial charge >= 0.3 is 0 Å². The fourth-order valence-electron chi connectivity index (χ4n) is 1.11. The molecule has 0 atom stereocenters. The van der Waals surface area contributed by atoms with E-state index in [2.05, 4.69) is 0 Å². The summed E-state index contributed by atoms with van der Waals surface area (Å²) in [6.45, 7) is 3.72. The Balaban J connectivity index is 3.17. The maximum Gasteiger partial charge on any atom is 0.179 e. The first kappa shape index (κ1) is 11.0. The van der Waals surface area contributed by atoms with E-state index in [0.29, 0.717) is 5.75 Å². The minimum Gasteiger partial charge on any atom is -0.490 e. The van der Waals surface area contributed by atoms with Gasteiger partial charge in [0.2, 0.25) is 0 Å². The van der Waals surface area contributed by atoms with Gasteiger partial charge in [0.1, 0.15) is 10.6 Å². The Morgan fingerprint density at radius 1 is 1.21 bits per heavy atom. The van der Waals surface area contributed by atoms with E-state index in [9.17, 15) is 8.42 Å². The lowest BCUT2D eigenvalue weighted by Crippen LogP contribution is -2.09. The third-order valence-corrected chi connectivity index (χ3v) is 2.75. The zero-order valence-corrected chi connectivity index (χ0v) is 9.34. The molecule has 1 aromatic rings. The average Bonchev–Trinajstić information content (AvgIpc) is 2.01. The highest BCUT2D eigenvalue weighted by molar-refractivity contribution is 7.90. The van der Waals surface area contributed by atoms with Gasteiger partial charge in [0.15, 0.2) is 9.84 Å². The molecule has 0 heterocycles. The van der Waals surface area contributed by atoms with E-state index >= 15 is 0 Å². The maximum absolute atomic E-state index is 11.4. The minimum atomic E-state index is -3.20. The van der Waals surface area contributed by atoms with Crippen molar-refractivity contribution in [2.45, 2.75) is 24.8 Å². The second kappa shape index (κ2) is 4.00. The van der Waals surface area contributed by atoms with Crippen LogP contribution in [-0.4, -0.2) is 20.8 Å². The first-order chi connectivity index (χ1) is 6.41. The Kier molecular flexibility index (Phi) is 3.16. The lowest BCUT2D eigenvalue weighted by molar-refractivity contribution is 0.236.